The van der Waals surface area contributed by atoms with Gasteiger partial charge in [-0.15, -0.1) is 0 Å². The van der Waals surface area contributed by atoms with Gasteiger partial charge in [-0.2, -0.15) is 4.37 Å². The van der Waals surface area contributed by atoms with Gasteiger partial charge in [0, 0.05) is 18.1 Å². The monoisotopic (exact) mass is 197 g/mol. The summed E-state index contributed by atoms with van der Waals surface area (Å²) in [6.07, 6.45) is 7.06. The van der Waals surface area contributed by atoms with E-state index in [1.165, 1.54) is 37.2 Å². The first-order chi connectivity index (χ1) is 6.29. The number of hydrogen-bond acceptors (Lipinski definition) is 4. The summed E-state index contributed by atoms with van der Waals surface area (Å²) in [6.45, 7) is 3.40. The van der Waals surface area contributed by atoms with Gasteiger partial charge in [-0.3, -0.25) is 0 Å². The zero-order valence-electron chi connectivity index (χ0n) is 7.92. The van der Waals surface area contributed by atoms with Crippen LogP contribution in [-0.4, -0.2) is 15.9 Å². The molecule has 0 amide bonds. The Labute approximate surface area is 82.8 Å². The second-order valence-electron chi connectivity index (χ2n) is 4.12. The molecule has 2 rings (SSSR count). The number of nitrogens with zero attached hydrogens (tertiary/aromatic N) is 2. The Kier molecular flexibility index (Phi) is 2.49. The molecule has 0 spiro atoms. The molecule has 1 heterocycles. The summed E-state index contributed by atoms with van der Waals surface area (Å²) in [7, 11) is 0. The summed E-state index contributed by atoms with van der Waals surface area (Å²) in [4.78, 5) is 4.10. The van der Waals surface area contributed by atoms with E-state index in [1.54, 1.807) is 6.33 Å². The molecule has 1 fully saturated rings. The minimum absolute atomic E-state index is 0.492. The maximum Gasteiger partial charge on any atom is 0.202 e. The Morgan fingerprint density at radius 1 is 1.54 bits per heavy atom. The van der Waals surface area contributed by atoms with Crippen LogP contribution in [0.15, 0.2) is 6.33 Å². The molecule has 1 aromatic heterocycles. The fourth-order valence-corrected chi connectivity index (χ4v) is 2.37. The molecule has 72 valence electrons. The summed E-state index contributed by atoms with van der Waals surface area (Å²) in [6, 6.07) is 0. The number of hydrogen-bond donors (Lipinski definition) is 1. The van der Waals surface area contributed by atoms with Crippen molar-refractivity contribution in [3.8, 4) is 0 Å². The molecule has 13 heavy (non-hydrogen) atoms. The van der Waals surface area contributed by atoms with E-state index in [4.69, 9.17) is 0 Å². The Morgan fingerprint density at radius 3 is 2.92 bits per heavy atom. The maximum absolute atomic E-state index is 4.10. The lowest BCUT2D eigenvalue weighted by Gasteiger charge is -2.23. The zero-order valence-corrected chi connectivity index (χ0v) is 8.73. The van der Waals surface area contributed by atoms with Crippen LogP contribution in [0.25, 0.3) is 0 Å². The topological polar surface area (TPSA) is 37.8 Å². The van der Waals surface area contributed by atoms with Crippen LogP contribution >= 0.6 is 11.5 Å². The number of aromatic nitrogens is 2. The fraction of sp³-hybridized carbons (Fsp3) is 0.778. The van der Waals surface area contributed by atoms with E-state index in [-0.39, 0.29) is 0 Å². The van der Waals surface area contributed by atoms with Crippen LogP contribution in [0.3, 0.4) is 0 Å². The van der Waals surface area contributed by atoms with Crippen molar-refractivity contribution in [2.45, 2.75) is 32.6 Å². The molecular weight excluding hydrogens is 182 g/mol. The molecule has 3 nitrogen and oxygen atoms in total. The van der Waals surface area contributed by atoms with Crippen molar-refractivity contribution in [3.63, 3.8) is 0 Å². The minimum Gasteiger partial charge on any atom is -0.360 e. The molecule has 1 saturated carbocycles. The van der Waals surface area contributed by atoms with Gasteiger partial charge in [0.2, 0.25) is 5.13 Å². The zero-order chi connectivity index (χ0) is 9.15. The highest BCUT2D eigenvalue weighted by Crippen LogP contribution is 2.37. The minimum atomic E-state index is 0.492. The average molecular weight is 197 g/mol. The molecule has 0 atom stereocenters. The van der Waals surface area contributed by atoms with Crippen LogP contribution < -0.4 is 5.32 Å². The second-order valence-corrected chi connectivity index (χ2v) is 4.90. The van der Waals surface area contributed by atoms with Crippen LogP contribution in [0.5, 0.6) is 0 Å². The average Bonchev–Trinajstić information content (AvgIpc) is 2.72. The van der Waals surface area contributed by atoms with E-state index in [0.717, 1.165) is 11.7 Å². The Balaban J connectivity index is 1.85. The van der Waals surface area contributed by atoms with E-state index in [2.05, 4.69) is 21.6 Å². The quantitative estimate of drug-likeness (QED) is 0.809. The van der Waals surface area contributed by atoms with Gasteiger partial charge >= 0.3 is 0 Å². The lowest BCUT2D eigenvalue weighted by molar-refractivity contribution is 0.362. The van der Waals surface area contributed by atoms with Crippen molar-refractivity contribution in [1.29, 1.82) is 0 Å². The van der Waals surface area contributed by atoms with Crippen molar-refractivity contribution >= 4 is 16.7 Å². The van der Waals surface area contributed by atoms with E-state index < -0.39 is 0 Å². The predicted octanol–water partition coefficient (Wildman–Crippen LogP) is 2.53. The molecule has 1 N–H and O–H groups in total. The largest absolute Gasteiger partial charge is 0.360 e. The van der Waals surface area contributed by atoms with Crippen molar-refractivity contribution in [2.75, 3.05) is 11.9 Å². The summed E-state index contributed by atoms with van der Waals surface area (Å²) in [5.41, 5.74) is 0.492. The first-order valence-electron chi connectivity index (χ1n) is 4.79. The molecule has 0 unspecified atom stereocenters. The van der Waals surface area contributed by atoms with Crippen molar-refractivity contribution in [2.24, 2.45) is 5.41 Å². The summed E-state index contributed by atoms with van der Waals surface area (Å²) in [5, 5.41) is 4.30. The Hall–Kier alpha value is -0.640. The Morgan fingerprint density at radius 2 is 2.31 bits per heavy atom. The van der Waals surface area contributed by atoms with Crippen LogP contribution in [0.4, 0.5) is 5.13 Å². The highest BCUT2D eigenvalue weighted by molar-refractivity contribution is 7.09. The van der Waals surface area contributed by atoms with Gasteiger partial charge in [-0.1, -0.05) is 19.8 Å². The predicted molar refractivity (Wildman–Crippen MR) is 55.0 cm³/mol. The molecule has 0 aromatic carbocycles. The van der Waals surface area contributed by atoms with Gasteiger partial charge in [0.05, 0.1) is 0 Å². The first-order valence-corrected chi connectivity index (χ1v) is 5.56. The molecule has 1 aromatic rings. The van der Waals surface area contributed by atoms with Gasteiger partial charge in [0.1, 0.15) is 6.33 Å². The first kappa shape index (κ1) is 8.94. The highest BCUT2D eigenvalue weighted by Gasteiger charge is 2.28. The SMILES string of the molecule is CC1(CNc2ncns2)CCCC1. The van der Waals surface area contributed by atoms with Crippen LogP contribution in [0.2, 0.25) is 0 Å². The lowest BCUT2D eigenvalue weighted by atomic mass is 9.89. The summed E-state index contributed by atoms with van der Waals surface area (Å²) in [5.74, 6) is 0. The van der Waals surface area contributed by atoms with Gasteiger partial charge in [-0.25, -0.2) is 4.98 Å². The van der Waals surface area contributed by atoms with E-state index in [9.17, 15) is 0 Å². The van der Waals surface area contributed by atoms with E-state index in [0.29, 0.717) is 5.41 Å². The number of anilines is 1. The van der Waals surface area contributed by atoms with Crippen molar-refractivity contribution in [1.82, 2.24) is 9.36 Å². The molecule has 0 bridgehead atoms. The van der Waals surface area contributed by atoms with Gasteiger partial charge in [-0.05, 0) is 18.3 Å². The summed E-state index contributed by atoms with van der Waals surface area (Å²) >= 11 is 1.43. The van der Waals surface area contributed by atoms with E-state index in [1.807, 2.05) is 0 Å². The van der Waals surface area contributed by atoms with Gasteiger partial charge < -0.3 is 5.32 Å². The molecular formula is C9H15N3S. The van der Waals surface area contributed by atoms with E-state index >= 15 is 0 Å². The lowest BCUT2D eigenvalue weighted by Crippen LogP contribution is -2.22. The van der Waals surface area contributed by atoms with Gasteiger partial charge in [0.15, 0.2) is 0 Å². The molecule has 0 saturated heterocycles. The molecule has 1 aliphatic rings. The van der Waals surface area contributed by atoms with Gasteiger partial charge in [0.25, 0.3) is 0 Å². The van der Waals surface area contributed by atoms with Crippen LogP contribution in [0, 0.1) is 5.41 Å². The Bertz CT molecular complexity index is 252. The summed E-state index contributed by atoms with van der Waals surface area (Å²) < 4.78 is 3.96. The molecule has 0 radical (unpaired) electrons. The number of nitrogens with one attached hydrogen (secondary N) is 1. The fourth-order valence-electron chi connectivity index (χ4n) is 1.95. The van der Waals surface area contributed by atoms with Crippen molar-refractivity contribution in [3.05, 3.63) is 6.33 Å². The van der Waals surface area contributed by atoms with Crippen molar-refractivity contribution < 1.29 is 0 Å². The third-order valence-corrected chi connectivity index (χ3v) is 3.46. The second kappa shape index (κ2) is 3.62. The molecule has 4 heteroatoms. The smallest absolute Gasteiger partial charge is 0.202 e. The molecule has 1 aliphatic carbocycles. The normalized spacial score (nSPS) is 20.4. The third kappa shape index (κ3) is 2.18. The maximum atomic E-state index is 4.10. The standard InChI is InChI=1S/C9H15N3S/c1-9(4-2-3-5-9)6-10-8-11-7-12-13-8/h7H,2-6H2,1H3,(H,10,11,12). The number of rotatable bonds is 3. The third-order valence-electron chi connectivity index (χ3n) is 2.84. The molecule has 0 aliphatic heterocycles. The van der Waals surface area contributed by atoms with Crippen LogP contribution in [-0.2, 0) is 0 Å². The van der Waals surface area contributed by atoms with Crippen LogP contribution in [0.1, 0.15) is 32.6 Å². The highest BCUT2D eigenvalue weighted by atomic mass is 32.1.